The molecule has 1 saturated carbocycles. The number of aromatic nitrogens is 2. The van der Waals surface area contributed by atoms with Crippen molar-refractivity contribution in [1.82, 2.24) is 9.55 Å². The van der Waals surface area contributed by atoms with Crippen LogP contribution in [0.15, 0.2) is 42.5 Å². The predicted octanol–water partition coefficient (Wildman–Crippen LogP) is 3.58. The molecule has 0 saturated heterocycles. The van der Waals surface area contributed by atoms with E-state index in [-0.39, 0.29) is 24.3 Å². The highest BCUT2D eigenvalue weighted by Gasteiger charge is 2.30. The maximum atomic E-state index is 12.5. The van der Waals surface area contributed by atoms with Crippen molar-refractivity contribution < 1.29 is 8.42 Å². The third-order valence-electron chi connectivity index (χ3n) is 5.85. The van der Waals surface area contributed by atoms with Crippen molar-refractivity contribution in [3.63, 3.8) is 0 Å². The molecule has 1 aromatic heterocycles. The number of hydrogen-bond donors (Lipinski definition) is 2. The lowest BCUT2D eigenvalue weighted by molar-refractivity contribution is 0.580. The molecule has 0 radical (unpaired) electrons. The first-order valence-electron chi connectivity index (χ1n) is 10.1. The number of nitrogens with zero attached hydrogens (tertiary/aromatic N) is 3. The van der Waals surface area contributed by atoms with Crippen LogP contribution in [0.25, 0.3) is 11.0 Å². The molecule has 9 heteroatoms. The molecule has 1 aliphatic rings. The Kier molecular flexibility index (Phi) is 6.62. The Morgan fingerprint density at radius 1 is 1.19 bits per heavy atom. The van der Waals surface area contributed by atoms with E-state index in [1.54, 1.807) is 4.31 Å². The SMILES string of the molecule is Cl.Cn1c(Cc2ccc(C(=N)N)cc2)nc2cc(N(C3CCCC3)S(C)(=O)=O)ccc21. The molecule has 0 unspecified atom stereocenters. The summed E-state index contributed by atoms with van der Waals surface area (Å²) < 4.78 is 28.7. The van der Waals surface area contributed by atoms with Gasteiger partial charge < -0.3 is 10.3 Å². The van der Waals surface area contributed by atoms with Gasteiger partial charge >= 0.3 is 0 Å². The van der Waals surface area contributed by atoms with Crippen LogP contribution in [0.5, 0.6) is 0 Å². The van der Waals surface area contributed by atoms with Crippen molar-refractivity contribution in [2.24, 2.45) is 12.8 Å². The maximum Gasteiger partial charge on any atom is 0.232 e. The van der Waals surface area contributed by atoms with E-state index in [1.807, 2.05) is 54.1 Å². The summed E-state index contributed by atoms with van der Waals surface area (Å²) in [4.78, 5) is 4.79. The number of nitrogen functional groups attached to an aromatic ring is 1. The number of amidine groups is 1. The minimum Gasteiger partial charge on any atom is -0.384 e. The van der Waals surface area contributed by atoms with Crippen molar-refractivity contribution in [3.05, 3.63) is 59.4 Å². The summed E-state index contributed by atoms with van der Waals surface area (Å²) in [6.45, 7) is 0. The molecule has 3 N–H and O–H groups in total. The van der Waals surface area contributed by atoms with Gasteiger partial charge in [0.1, 0.15) is 11.7 Å². The minimum atomic E-state index is -3.36. The van der Waals surface area contributed by atoms with Crippen LogP contribution in [-0.4, -0.2) is 36.1 Å². The highest BCUT2D eigenvalue weighted by atomic mass is 35.5. The standard InChI is InChI=1S/C22H27N5O2S.ClH/c1-26-20-12-11-18(27(30(2,28)29)17-5-3-4-6-17)14-19(20)25-21(26)13-15-7-9-16(10-8-15)22(23)24;/h7-12,14,17H,3-6,13H2,1-2H3,(H3,23,24);1H. The molecular formula is C22H28ClN5O2S. The molecule has 0 aliphatic heterocycles. The molecule has 1 fully saturated rings. The van der Waals surface area contributed by atoms with Crippen LogP contribution in [0.1, 0.15) is 42.6 Å². The average molecular weight is 462 g/mol. The average Bonchev–Trinajstić information content (AvgIpc) is 3.30. The quantitative estimate of drug-likeness (QED) is 0.432. The van der Waals surface area contributed by atoms with E-state index in [2.05, 4.69) is 0 Å². The second-order valence-corrected chi connectivity index (χ2v) is 9.90. The van der Waals surface area contributed by atoms with Crippen LogP contribution in [0.2, 0.25) is 0 Å². The Balaban J connectivity index is 0.00000272. The number of fused-ring (bicyclic) bond motifs is 1. The molecule has 1 aliphatic carbocycles. The fourth-order valence-corrected chi connectivity index (χ4v) is 5.58. The molecule has 2 aromatic carbocycles. The molecular weight excluding hydrogens is 434 g/mol. The first-order chi connectivity index (χ1) is 14.2. The number of rotatable bonds is 6. The van der Waals surface area contributed by atoms with Gasteiger partial charge in [-0.05, 0) is 36.6 Å². The van der Waals surface area contributed by atoms with Gasteiger partial charge in [-0.1, -0.05) is 37.1 Å². The van der Waals surface area contributed by atoms with Crippen molar-refractivity contribution >= 4 is 45.0 Å². The number of imidazole rings is 1. The summed E-state index contributed by atoms with van der Waals surface area (Å²) in [5.41, 5.74) is 9.74. The number of nitrogens with two attached hydrogens (primary N) is 1. The van der Waals surface area contributed by atoms with Gasteiger partial charge in [-0.3, -0.25) is 9.71 Å². The van der Waals surface area contributed by atoms with Crippen LogP contribution >= 0.6 is 12.4 Å². The first-order valence-corrected chi connectivity index (χ1v) is 12.0. The van der Waals surface area contributed by atoms with Gasteiger partial charge in [0.15, 0.2) is 0 Å². The fourth-order valence-electron chi connectivity index (χ4n) is 4.33. The van der Waals surface area contributed by atoms with Crippen molar-refractivity contribution in [3.8, 4) is 0 Å². The number of hydrogen-bond acceptors (Lipinski definition) is 4. The summed E-state index contributed by atoms with van der Waals surface area (Å²) in [6, 6.07) is 13.3. The molecule has 0 amide bonds. The summed E-state index contributed by atoms with van der Waals surface area (Å²) >= 11 is 0. The Labute approximate surface area is 189 Å². The lowest BCUT2D eigenvalue weighted by Gasteiger charge is -2.28. The van der Waals surface area contributed by atoms with E-state index in [0.29, 0.717) is 17.7 Å². The minimum absolute atomic E-state index is 0. The van der Waals surface area contributed by atoms with Crippen LogP contribution in [0.3, 0.4) is 0 Å². The highest BCUT2D eigenvalue weighted by Crippen LogP contribution is 2.32. The lowest BCUT2D eigenvalue weighted by atomic mass is 10.1. The monoisotopic (exact) mass is 461 g/mol. The van der Waals surface area contributed by atoms with Crippen molar-refractivity contribution in [2.45, 2.75) is 38.1 Å². The molecule has 166 valence electrons. The number of anilines is 1. The Morgan fingerprint density at radius 3 is 2.42 bits per heavy atom. The molecule has 0 bridgehead atoms. The molecule has 4 rings (SSSR count). The molecule has 3 aromatic rings. The Hall–Kier alpha value is -2.58. The van der Waals surface area contributed by atoms with Gasteiger partial charge in [0.2, 0.25) is 10.0 Å². The van der Waals surface area contributed by atoms with Gasteiger partial charge in [-0.15, -0.1) is 12.4 Å². The number of benzene rings is 2. The van der Waals surface area contributed by atoms with E-state index in [1.165, 1.54) is 6.26 Å². The van der Waals surface area contributed by atoms with E-state index >= 15 is 0 Å². The maximum absolute atomic E-state index is 12.5. The zero-order valence-corrected chi connectivity index (χ0v) is 19.3. The van der Waals surface area contributed by atoms with Gasteiger partial charge in [-0.25, -0.2) is 13.4 Å². The molecule has 0 spiro atoms. The molecule has 0 atom stereocenters. The van der Waals surface area contributed by atoms with Crippen molar-refractivity contribution in [1.29, 1.82) is 5.41 Å². The molecule has 1 heterocycles. The fraction of sp³-hybridized carbons (Fsp3) is 0.364. The van der Waals surface area contributed by atoms with Crippen molar-refractivity contribution in [2.75, 3.05) is 10.6 Å². The first kappa shape index (κ1) is 23.1. The van der Waals surface area contributed by atoms with E-state index in [4.69, 9.17) is 16.1 Å². The van der Waals surface area contributed by atoms with Crippen LogP contribution in [0.4, 0.5) is 5.69 Å². The van der Waals surface area contributed by atoms with E-state index in [9.17, 15) is 8.42 Å². The molecule has 31 heavy (non-hydrogen) atoms. The lowest BCUT2D eigenvalue weighted by Crippen LogP contribution is -2.38. The Bertz CT molecular complexity index is 1200. The number of nitrogens with one attached hydrogen (secondary N) is 1. The third kappa shape index (κ3) is 4.70. The number of halogens is 1. The number of sulfonamides is 1. The smallest absolute Gasteiger partial charge is 0.232 e. The van der Waals surface area contributed by atoms with Gasteiger partial charge in [0.05, 0.1) is 23.0 Å². The van der Waals surface area contributed by atoms with E-state index in [0.717, 1.165) is 48.1 Å². The van der Waals surface area contributed by atoms with Gasteiger partial charge in [0.25, 0.3) is 0 Å². The third-order valence-corrected chi connectivity index (χ3v) is 7.08. The van der Waals surface area contributed by atoms with E-state index < -0.39 is 10.0 Å². The van der Waals surface area contributed by atoms with Crippen LogP contribution in [-0.2, 0) is 23.5 Å². The summed E-state index contributed by atoms with van der Waals surface area (Å²) in [6.07, 6.45) is 5.84. The predicted molar refractivity (Wildman–Crippen MR) is 128 cm³/mol. The van der Waals surface area contributed by atoms with Crippen LogP contribution in [0, 0.1) is 5.41 Å². The summed E-state index contributed by atoms with van der Waals surface area (Å²) in [5, 5.41) is 7.51. The second-order valence-electron chi connectivity index (χ2n) is 8.04. The zero-order valence-electron chi connectivity index (χ0n) is 17.7. The topological polar surface area (TPSA) is 105 Å². The highest BCUT2D eigenvalue weighted by molar-refractivity contribution is 7.92. The summed E-state index contributed by atoms with van der Waals surface area (Å²) in [7, 11) is -1.39. The normalized spacial score (nSPS) is 14.5. The number of aryl methyl sites for hydroxylation is 1. The largest absolute Gasteiger partial charge is 0.384 e. The summed E-state index contributed by atoms with van der Waals surface area (Å²) in [5.74, 6) is 0.944. The van der Waals surface area contributed by atoms with Crippen LogP contribution < -0.4 is 10.0 Å². The van der Waals surface area contributed by atoms with Gasteiger partial charge in [-0.2, -0.15) is 0 Å². The second kappa shape index (κ2) is 8.88. The van der Waals surface area contributed by atoms with Gasteiger partial charge in [0, 0.05) is 25.1 Å². The zero-order chi connectivity index (χ0) is 21.5. The Morgan fingerprint density at radius 2 is 1.84 bits per heavy atom. The molecule has 7 nitrogen and oxygen atoms in total.